The zero-order chi connectivity index (χ0) is 13.7. The highest BCUT2D eigenvalue weighted by molar-refractivity contribution is 7.09. The minimum Gasteiger partial charge on any atom is -0.370 e. The first kappa shape index (κ1) is 12.7. The number of thiophene rings is 1. The number of hydrogen-bond acceptors (Lipinski definition) is 5. The number of likely N-dealkylation sites (tertiary alicyclic amines) is 1. The average Bonchev–Trinajstić information content (AvgIpc) is 2.91. The Morgan fingerprint density at radius 2 is 2.35 bits per heavy atom. The van der Waals surface area contributed by atoms with Crippen LogP contribution >= 0.6 is 11.3 Å². The Kier molecular flexibility index (Phi) is 2.82. The zero-order valence-electron chi connectivity index (χ0n) is 12.0. The highest BCUT2D eigenvalue weighted by Gasteiger charge is 2.52. The second kappa shape index (κ2) is 4.46. The third-order valence-corrected chi connectivity index (χ3v) is 5.87. The Morgan fingerprint density at radius 3 is 3.05 bits per heavy atom. The lowest BCUT2D eigenvalue weighted by Gasteiger charge is -2.36. The van der Waals surface area contributed by atoms with Gasteiger partial charge in [-0.1, -0.05) is 6.07 Å². The Morgan fingerprint density at radius 1 is 1.50 bits per heavy atom. The van der Waals surface area contributed by atoms with E-state index in [-0.39, 0.29) is 5.54 Å². The van der Waals surface area contributed by atoms with Crippen molar-refractivity contribution < 1.29 is 0 Å². The molecule has 0 radical (unpaired) electrons. The molecule has 1 spiro atoms. The minimum absolute atomic E-state index is 0.149. The first-order chi connectivity index (χ1) is 9.68. The summed E-state index contributed by atoms with van der Waals surface area (Å²) in [7, 11) is 0. The molecule has 0 bridgehead atoms. The molecule has 3 heterocycles. The van der Waals surface area contributed by atoms with E-state index in [0.29, 0.717) is 6.04 Å². The van der Waals surface area contributed by atoms with Crippen LogP contribution in [0.15, 0.2) is 22.5 Å². The zero-order valence-corrected chi connectivity index (χ0v) is 12.8. The van der Waals surface area contributed by atoms with Crippen LogP contribution in [0.4, 0.5) is 0 Å². The maximum absolute atomic E-state index is 6.19. The molecular weight excluding hydrogens is 268 g/mol. The van der Waals surface area contributed by atoms with E-state index < -0.39 is 0 Å². The predicted molar refractivity (Wildman–Crippen MR) is 82.9 cm³/mol. The summed E-state index contributed by atoms with van der Waals surface area (Å²) < 4.78 is 0. The first-order valence-electron chi connectivity index (χ1n) is 7.54. The molecule has 1 aromatic rings. The highest BCUT2D eigenvalue weighted by Crippen LogP contribution is 2.42. The molecule has 20 heavy (non-hydrogen) atoms. The molecule has 2 unspecified atom stereocenters. The fourth-order valence-electron chi connectivity index (χ4n) is 3.88. The van der Waals surface area contributed by atoms with E-state index in [4.69, 9.17) is 5.73 Å². The van der Waals surface area contributed by atoms with Gasteiger partial charge in [0, 0.05) is 23.5 Å². The molecule has 0 aromatic carbocycles. The highest BCUT2D eigenvalue weighted by atomic mass is 32.1. The van der Waals surface area contributed by atoms with Crippen LogP contribution in [-0.4, -0.2) is 46.5 Å². The topological polar surface area (TPSA) is 44.9 Å². The van der Waals surface area contributed by atoms with Crippen LogP contribution in [0, 0.1) is 0 Å². The number of aliphatic imine (C=N–C) groups is 1. The lowest BCUT2D eigenvalue weighted by Crippen LogP contribution is -2.52. The van der Waals surface area contributed by atoms with E-state index in [9.17, 15) is 0 Å². The fourth-order valence-corrected chi connectivity index (χ4v) is 4.57. The van der Waals surface area contributed by atoms with Gasteiger partial charge in [0.15, 0.2) is 5.96 Å². The van der Waals surface area contributed by atoms with Gasteiger partial charge in [-0.15, -0.1) is 11.3 Å². The van der Waals surface area contributed by atoms with E-state index in [2.05, 4.69) is 39.2 Å². The van der Waals surface area contributed by atoms with Gasteiger partial charge < -0.3 is 10.6 Å². The van der Waals surface area contributed by atoms with E-state index in [1.54, 1.807) is 0 Å². The number of nitrogens with zero attached hydrogens (tertiary/aromatic N) is 3. The lowest BCUT2D eigenvalue weighted by atomic mass is 9.95. The van der Waals surface area contributed by atoms with Crippen LogP contribution in [0.5, 0.6) is 0 Å². The van der Waals surface area contributed by atoms with Gasteiger partial charge in [0.25, 0.3) is 0 Å². The van der Waals surface area contributed by atoms with Crippen LogP contribution in [0.2, 0.25) is 0 Å². The summed E-state index contributed by atoms with van der Waals surface area (Å²) in [6.45, 7) is 5.29. The SMILES string of the molecule is CC1CC2(CN=C(N)N2Cc2cccs2)CN1C1CC1. The van der Waals surface area contributed by atoms with Gasteiger partial charge in [0.1, 0.15) is 0 Å². The molecule has 2 aliphatic heterocycles. The van der Waals surface area contributed by atoms with Gasteiger partial charge in [0.05, 0.1) is 18.6 Å². The predicted octanol–water partition coefficient (Wildman–Crippen LogP) is 1.87. The van der Waals surface area contributed by atoms with Gasteiger partial charge >= 0.3 is 0 Å². The van der Waals surface area contributed by atoms with Crippen molar-refractivity contribution in [3.05, 3.63) is 22.4 Å². The Hall–Kier alpha value is -1.07. The largest absolute Gasteiger partial charge is 0.370 e. The Bertz CT molecular complexity index is 522. The number of hydrogen-bond donors (Lipinski definition) is 1. The first-order valence-corrected chi connectivity index (χ1v) is 8.42. The summed E-state index contributed by atoms with van der Waals surface area (Å²) in [5.74, 6) is 0.739. The molecule has 108 valence electrons. The van der Waals surface area contributed by atoms with Crippen molar-refractivity contribution in [3.8, 4) is 0 Å². The van der Waals surface area contributed by atoms with E-state index in [0.717, 1.165) is 31.6 Å². The third kappa shape index (κ3) is 1.95. The maximum Gasteiger partial charge on any atom is 0.192 e. The quantitative estimate of drug-likeness (QED) is 0.924. The molecule has 4 nitrogen and oxygen atoms in total. The van der Waals surface area contributed by atoms with E-state index >= 15 is 0 Å². The molecule has 5 heteroatoms. The summed E-state index contributed by atoms with van der Waals surface area (Å²) in [5.41, 5.74) is 6.34. The van der Waals surface area contributed by atoms with Crippen molar-refractivity contribution >= 4 is 17.3 Å². The molecular formula is C15H22N4S. The summed E-state index contributed by atoms with van der Waals surface area (Å²) in [5, 5.41) is 2.14. The van der Waals surface area contributed by atoms with Crippen LogP contribution in [0.3, 0.4) is 0 Å². The molecule has 1 aromatic heterocycles. The van der Waals surface area contributed by atoms with Gasteiger partial charge in [0.2, 0.25) is 0 Å². The molecule has 1 aliphatic carbocycles. The molecule has 2 N–H and O–H groups in total. The molecule has 0 amide bonds. The molecule has 2 fully saturated rings. The third-order valence-electron chi connectivity index (χ3n) is 5.01. The monoisotopic (exact) mass is 290 g/mol. The Labute approximate surface area is 124 Å². The van der Waals surface area contributed by atoms with Crippen LogP contribution < -0.4 is 5.73 Å². The number of rotatable bonds is 3. The van der Waals surface area contributed by atoms with E-state index in [1.807, 2.05) is 11.3 Å². The number of guanidine groups is 1. The normalized spacial score (nSPS) is 34.1. The smallest absolute Gasteiger partial charge is 0.192 e. The summed E-state index contributed by atoms with van der Waals surface area (Å²) in [4.78, 5) is 11.0. The second-order valence-electron chi connectivity index (χ2n) is 6.52. The van der Waals surface area contributed by atoms with Gasteiger partial charge in [-0.2, -0.15) is 0 Å². The summed E-state index contributed by atoms with van der Waals surface area (Å²) in [6, 6.07) is 5.80. The molecule has 3 aliphatic rings. The Balaban J connectivity index is 1.57. The van der Waals surface area contributed by atoms with Crippen molar-refractivity contribution in [2.24, 2.45) is 10.7 Å². The average molecular weight is 290 g/mol. The minimum atomic E-state index is 0.149. The van der Waals surface area contributed by atoms with Crippen molar-refractivity contribution in [1.82, 2.24) is 9.80 Å². The standard InChI is InChI=1S/C15H22N4S/c1-11-7-15(10-18(11)12-4-5-12)9-17-14(16)19(15)8-13-3-2-6-20-13/h2-3,6,11-12H,4-5,7-10H2,1H3,(H2,16,17). The molecule has 2 atom stereocenters. The fraction of sp³-hybridized carbons (Fsp3) is 0.667. The summed E-state index contributed by atoms with van der Waals surface area (Å²) in [6.07, 6.45) is 3.95. The van der Waals surface area contributed by atoms with Gasteiger partial charge in [-0.05, 0) is 37.6 Å². The van der Waals surface area contributed by atoms with Crippen LogP contribution in [-0.2, 0) is 6.54 Å². The van der Waals surface area contributed by atoms with Crippen molar-refractivity contribution in [3.63, 3.8) is 0 Å². The van der Waals surface area contributed by atoms with Crippen molar-refractivity contribution in [2.45, 2.75) is 50.4 Å². The molecule has 1 saturated heterocycles. The molecule has 1 saturated carbocycles. The second-order valence-corrected chi connectivity index (χ2v) is 7.55. The maximum atomic E-state index is 6.19. The lowest BCUT2D eigenvalue weighted by molar-refractivity contribution is 0.185. The van der Waals surface area contributed by atoms with Crippen LogP contribution in [0.1, 0.15) is 31.1 Å². The van der Waals surface area contributed by atoms with Gasteiger partial charge in [-0.3, -0.25) is 9.89 Å². The van der Waals surface area contributed by atoms with Gasteiger partial charge in [-0.25, -0.2) is 0 Å². The van der Waals surface area contributed by atoms with Crippen molar-refractivity contribution in [2.75, 3.05) is 13.1 Å². The number of nitrogens with two attached hydrogens (primary N) is 1. The summed E-state index contributed by atoms with van der Waals surface area (Å²) >= 11 is 1.81. The van der Waals surface area contributed by atoms with Crippen LogP contribution in [0.25, 0.3) is 0 Å². The van der Waals surface area contributed by atoms with E-state index in [1.165, 1.54) is 24.1 Å². The van der Waals surface area contributed by atoms with Crippen molar-refractivity contribution in [1.29, 1.82) is 0 Å². The molecule has 4 rings (SSSR count).